The highest BCUT2D eigenvalue weighted by Crippen LogP contribution is 2.21. The average molecular weight is 379 g/mol. The average Bonchev–Trinajstić information content (AvgIpc) is 3.19. The van der Waals surface area contributed by atoms with Crippen LogP contribution in [-0.4, -0.2) is 52.4 Å². The number of amides is 1. The van der Waals surface area contributed by atoms with Crippen molar-refractivity contribution in [3.63, 3.8) is 0 Å². The number of rotatable bonds is 6. The van der Waals surface area contributed by atoms with E-state index in [1.807, 2.05) is 18.5 Å². The van der Waals surface area contributed by atoms with Gasteiger partial charge in [0, 0.05) is 44.6 Å². The molecule has 1 N–H and O–H groups in total. The number of aromatic nitrogens is 1. The Morgan fingerprint density at radius 1 is 0.929 bits per heavy atom. The minimum Gasteiger partial charge on any atom is -0.352 e. The van der Waals surface area contributed by atoms with E-state index in [2.05, 4.69) is 56.5 Å². The molecule has 0 spiro atoms. The van der Waals surface area contributed by atoms with Crippen molar-refractivity contribution in [3.8, 4) is 0 Å². The highest BCUT2D eigenvalue weighted by molar-refractivity contribution is 5.82. The molecule has 0 unspecified atom stereocenters. The Hall–Kier alpha value is -2.24. The van der Waals surface area contributed by atoms with E-state index < -0.39 is 0 Å². The fourth-order valence-electron chi connectivity index (χ4n) is 4.41. The first-order valence-electron chi connectivity index (χ1n) is 10.5. The van der Waals surface area contributed by atoms with Crippen LogP contribution in [0.15, 0.2) is 54.9 Å². The van der Waals surface area contributed by atoms with Gasteiger partial charge < -0.3 is 5.32 Å². The zero-order chi connectivity index (χ0) is 19.2. The molecule has 1 atom stereocenters. The molecule has 0 aliphatic carbocycles. The summed E-state index contributed by atoms with van der Waals surface area (Å²) < 4.78 is 0. The molecule has 0 saturated carbocycles. The quantitative estimate of drug-likeness (QED) is 0.840. The number of hydrogen-bond donors (Lipinski definition) is 1. The van der Waals surface area contributed by atoms with Gasteiger partial charge in [0.1, 0.15) is 0 Å². The maximum absolute atomic E-state index is 12.9. The zero-order valence-electron chi connectivity index (χ0n) is 16.5. The second kappa shape index (κ2) is 9.30. The van der Waals surface area contributed by atoms with Gasteiger partial charge in [0.25, 0.3) is 0 Å². The molecule has 0 bridgehead atoms. The lowest BCUT2D eigenvalue weighted by Crippen LogP contribution is -2.50. The van der Waals surface area contributed by atoms with Crippen molar-refractivity contribution in [3.05, 3.63) is 66.0 Å². The van der Waals surface area contributed by atoms with Crippen LogP contribution in [0.25, 0.3) is 0 Å². The summed E-state index contributed by atoms with van der Waals surface area (Å²) in [5.41, 5.74) is 2.59. The maximum Gasteiger partial charge on any atom is 0.237 e. The van der Waals surface area contributed by atoms with E-state index in [4.69, 9.17) is 0 Å². The molecule has 2 aliphatic heterocycles. The van der Waals surface area contributed by atoms with E-state index in [1.165, 1.54) is 11.1 Å². The summed E-state index contributed by atoms with van der Waals surface area (Å²) in [5, 5.41) is 3.34. The molecular formula is C23H30N4O. The predicted molar refractivity (Wildman–Crippen MR) is 111 cm³/mol. The molecule has 3 heterocycles. The fourth-order valence-corrected chi connectivity index (χ4v) is 4.41. The number of nitrogens with one attached hydrogen (secondary N) is 1. The van der Waals surface area contributed by atoms with Crippen LogP contribution in [0.1, 0.15) is 36.8 Å². The zero-order valence-corrected chi connectivity index (χ0v) is 16.5. The van der Waals surface area contributed by atoms with E-state index in [-0.39, 0.29) is 11.9 Å². The molecule has 28 heavy (non-hydrogen) atoms. The smallest absolute Gasteiger partial charge is 0.237 e. The van der Waals surface area contributed by atoms with E-state index >= 15 is 0 Å². The Balaban J connectivity index is 1.25. The van der Waals surface area contributed by atoms with Gasteiger partial charge in [0.2, 0.25) is 5.91 Å². The van der Waals surface area contributed by atoms with Gasteiger partial charge >= 0.3 is 0 Å². The van der Waals surface area contributed by atoms with Crippen LogP contribution in [0.4, 0.5) is 0 Å². The molecule has 0 radical (unpaired) electrons. The molecule has 2 aromatic rings. The van der Waals surface area contributed by atoms with Gasteiger partial charge in [-0.05, 0) is 55.5 Å². The first kappa shape index (κ1) is 19.1. The summed E-state index contributed by atoms with van der Waals surface area (Å²) in [5.74, 6) is 0.223. The summed E-state index contributed by atoms with van der Waals surface area (Å²) >= 11 is 0. The van der Waals surface area contributed by atoms with Crippen LogP contribution in [0.3, 0.4) is 0 Å². The number of pyridine rings is 1. The highest BCUT2D eigenvalue weighted by Gasteiger charge is 2.32. The van der Waals surface area contributed by atoms with Crippen LogP contribution < -0.4 is 5.32 Å². The summed E-state index contributed by atoms with van der Waals surface area (Å²) in [7, 11) is 0. The molecule has 2 fully saturated rings. The highest BCUT2D eigenvalue weighted by atomic mass is 16.2. The number of carbonyl (C=O) groups excluding carboxylic acids is 1. The van der Waals surface area contributed by atoms with Gasteiger partial charge in [-0.15, -0.1) is 0 Å². The van der Waals surface area contributed by atoms with Crippen molar-refractivity contribution in [1.29, 1.82) is 0 Å². The third-order valence-electron chi connectivity index (χ3n) is 5.98. The predicted octanol–water partition coefficient (Wildman–Crippen LogP) is 2.83. The maximum atomic E-state index is 12.9. The third-order valence-corrected chi connectivity index (χ3v) is 5.98. The first-order chi connectivity index (χ1) is 13.8. The molecule has 1 amide bonds. The van der Waals surface area contributed by atoms with Crippen LogP contribution in [0, 0.1) is 0 Å². The molecule has 148 valence electrons. The molecular weight excluding hydrogens is 348 g/mol. The van der Waals surface area contributed by atoms with Crippen LogP contribution in [-0.2, 0) is 17.9 Å². The van der Waals surface area contributed by atoms with E-state index in [0.717, 1.165) is 58.4 Å². The van der Waals surface area contributed by atoms with Gasteiger partial charge in [-0.3, -0.25) is 19.6 Å². The van der Waals surface area contributed by atoms with Gasteiger partial charge in [0.05, 0.1) is 6.04 Å². The topological polar surface area (TPSA) is 48.5 Å². The van der Waals surface area contributed by atoms with Crippen molar-refractivity contribution >= 4 is 5.91 Å². The molecule has 2 aliphatic rings. The van der Waals surface area contributed by atoms with Crippen LogP contribution in [0.2, 0.25) is 0 Å². The van der Waals surface area contributed by atoms with Crippen molar-refractivity contribution in [2.75, 3.05) is 19.6 Å². The Kier molecular flexibility index (Phi) is 6.34. The van der Waals surface area contributed by atoms with Crippen LogP contribution >= 0.6 is 0 Å². The van der Waals surface area contributed by atoms with Gasteiger partial charge in [-0.1, -0.05) is 30.3 Å². The molecule has 2 saturated heterocycles. The minimum atomic E-state index is 0.0232. The number of hydrogen-bond acceptors (Lipinski definition) is 4. The Morgan fingerprint density at radius 3 is 2.39 bits per heavy atom. The van der Waals surface area contributed by atoms with Gasteiger partial charge in [-0.2, -0.15) is 0 Å². The lowest BCUT2D eigenvalue weighted by Gasteiger charge is -2.33. The van der Waals surface area contributed by atoms with Gasteiger partial charge in [0.15, 0.2) is 0 Å². The number of carbonyl (C=O) groups is 1. The molecule has 4 rings (SSSR count). The molecule has 5 heteroatoms. The van der Waals surface area contributed by atoms with Crippen molar-refractivity contribution < 1.29 is 4.79 Å². The van der Waals surface area contributed by atoms with Crippen molar-refractivity contribution in [1.82, 2.24) is 20.1 Å². The summed E-state index contributed by atoms with van der Waals surface area (Å²) in [6.45, 7) is 4.91. The first-order valence-corrected chi connectivity index (χ1v) is 10.5. The normalized spacial score (nSPS) is 21.6. The summed E-state index contributed by atoms with van der Waals surface area (Å²) in [6.07, 6.45) is 7.84. The summed E-state index contributed by atoms with van der Waals surface area (Å²) in [4.78, 5) is 21.8. The van der Waals surface area contributed by atoms with Crippen molar-refractivity contribution in [2.24, 2.45) is 0 Å². The second-order valence-electron chi connectivity index (χ2n) is 8.03. The van der Waals surface area contributed by atoms with E-state index in [1.54, 1.807) is 0 Å². The molecule has 5 nitrogen and oxygen atoms in total. The standard InChI is InChI=1S/C23H30N4O/c28-23(22-7-4-14-27(22)18-19-5-2-1-3-6-19)25-21-10-15-26(16-11-21)17-20-8-12-24-13-9-20/h1-3,5-6,8-9,12-13,21-22H,4,7,10-11,14-18H2,(H,25,28)/t22-/m1/s1. The van der Waals surface area contributed by atoms with Gasteiger partial charge in [-0.25, -0.2) is 0 Å². The lowest BCUT2D eigenvalue weighted by atomic mass is 10.0. The largest absolute Gasteiger partial charge is 0.352 e. The summed E-state index contributed by atoms with van der Waals surface area (Å²) in [6, 6.07) is 15.0. The van der Waals surface area contributed by atoms with Crippen LogP contribution in [0.5, 0.6) is 0 Å². The SMILES string of the molecule is O=C(NC1CCN(Cc2ccncc2)CC1)[C@H]1CCCN1Cc1ccccc1. The lowest BCUT2D eigenvalue weighted by molar-refractivity contribution is -0.126. The van der Waals surface area contributed by atoms with E-state index in [0.29, 0.717) is 6.04 Å². The number of likely N-dealkylation sites (tertiary alicyclic amines) is 2. The fraction of sp³-hybridized carbons (Fsp3) is 0.478. The third kappa shape index (κ3) is 4.97. The Morgan fingerprint density at radius 2 is 1.64 bits per heavy atom. The minimum absolute atomic E-state index is 0.0232. The molecule has 1 aromatic carbocycles. The Labute approximate surface area is 167 Å². The number of benzene rings is 1. The second-order valence-corrected chi connectivity index (χ2v) is 8.03. The number of nitrogens with zero attached hydrogens (tertiary/aromatic N) is 3. The Bertz CT molecular complexity index is 744. The van der Waals surface area contributed by atoms with E-state index in [9.17, 15) is 4.79 Å². The monoisotopic (exact) mass is 378 g/mol. The number of piperidine rings is 1. The van der Waals surface area contributed by atoms with Crippen molar-refractivity contribution in [2.45, 2.75) is 50.9 Å². The molecule has 1 aromatic heterocycles.